The lowest BCUT2D eigenvalue weighted by atomic mass is 10.0. The van der Waals surface area contributed by atoms with Crippen LogP contribution in [0.2, 0.25) is 0 Å². The number of hydrogen-bond donors (Lipinski definition) is 1. The topological polar surface area (TPSA) is 96.6 Å². The second-order valence-electron chi connectivity index (χ2n) is 8.64. The van der Waals surface area contributed by atoms with Crippen LogP contribution in [0.1, 0.15) is 48.4 Å². The highest BCUT2D eigenvalue weighted by Crippen LogP contribution is 2.35. The standard InChI is InChI=1S/C27H32N4O4S2/c1-6-7-8-13-31-26(33)23(37-27(31)36)15-19-17(2)20(16-28)25(32)30(3)24(19)29-12-11-18-9-10-21(34-4)22(14-18)35-5/h9-10,14-15,29H,6-8,11-13H2,1-5H3/b23-15+. The summed E-state index contributed by atoms with van der Waals surface area (Å²) in [5.74, 6) is 1.69. The number of nitrogens with one attached hydrogen (secondary N) is 1. The summed E-state index contributed by atoms with van der Waals surface area (Å²) in [5.41, 5.74) is 1.83. The number of methoxy groups -OCH3 is 2. The summed E-state index contributed by atoms with van der Waals surface area (Å²) in [7, 11) is 4.80. The van der Waals surface area contributed by atoms with Gasteiger partial charge >= 0.3 is 0 Å². The third-order valence-electron chi connectivity index (χ3n) is 6.29. The third kappa shape index (κ3) is 6.17. The van der Waals surface area contributed by atoms with E-state index in [0.29, 0.717) is 57.2 Å². The van der Waals surface area contributed by atoms with E-state index in [1.807, 2.05) is 24.3 Å². The molecule has 1 N–H and O–H groups in total. The molecular weight excluding hydrogens is 508 g/mol. The highest BCUT2D eigenvalue weighted by atomic mass is 32.2. The van der Waals surface area contributed by atoms with Gasteiger partial charge in [0.05, 0.1) is 19.1 Å². The summed E-state index contributed by atoms with van der Waals surface area (Å²) >= 11 is 6.72. The maximum atomic E-state index is 13.1. The molecule has 1 amide bonds. The molecule has 1 aromatic heterocycles. The minimum absolute atomic E-state index is 0.0533. The van der Waals surface area contributed by atoms with Crippen molar-refractivity contribution in [1.82, 2.24) is 9.47 Å². The Bertz CT molecular complexity index is 1330. The Morgan fingerprint density at radius 3 is 2.57 bits per heavy atom. The normalized spacial score (nSPS) is 14.3. The van der Waals surface area contributed by atoms with Crippen LogP contribution in [0.15, 0.2) is 27.9 Å². The van der Waals surface area contributed by atoms with Gasteiger partial charge in [-0.15, -0.1) is 0 Å². The fraction of sp³-hybridized carbons (Fsp3) is 0.407. The molecule has 2 aromatic rings. The van der Waals surface area contributed by atoms with Gasteiger partial charge in [0, 0.05) is 25.7 Å². The molecule has 8 nitrogen and oxygen atoms in total. The number of thiocarbonyl (C=S) groups is 1. The molecule has 0 saturated carbocycles. The van der Waals surface area contributed by atoms with Crippen molar-refractivity contribution in [2.75, 3.05) is 32.6 Å². The monoisotopic (exact) mass is 540 g/mol. The number of aromatic nitrogens is 1. The van der Waals surface area contributed by atoms with Crippen molar-refractivity contribution in [2.45, 2.75) is 39.5 Å². The van der Waals surface area contributed by atoms with Crippen molar-refractivity contribution in [3.05, 3.63) is 55.7 Å². The van der Waals surface area contributed by atoms with E-state index in [2.05, 4.69) is 12.2 Å². The van der Waals surface area contributed by atoms with Gasteiger partial charge in [-0.3, -0.25) is 19.1 Å². The molecule has 1 aromatic carbocycles. The van der Waals surface area contributed by atoms with E-state index < -0.39 is 5.56 Å². The van der Waals surface area contributed by atoms with E-state index in [4.69, 9.17) is 21.7 Å². The van der Waals surface area contributed by atoms with Gasteiger partial charge in [-0.05, 0) is 49.1 Å². The number of rotatable bonds is 11. The Labute approximate surface area is 227 Å². The summed E-state index contributed by atoms with van der Waals surface area (Å²) in [6, 6.07) is 7.74. The smallest absolute Gasteiger partial charge is 0.270 e. The van der Waals surface area contributed by atoms with Crippen LogP contribution in [-0.4, -0.2) is 47.0 Å². The maximum absolute atomic E-state index is 13.1. The summed E-state index contributed by atoms with van der Waals surface area (Å²) in [6.45, 7) is 4.93. The predicted molar refractivity (Wildman–Crippen MR) is 152 cm³/mol. The molecule has 1 aliphatic heterocycles. The second kappa shape index (κ2) is 12.8. The van der Waals surface area contributed by atoms with Crippen molar-refractivity contribution < 1.29 is 14.3 Å². The zero-order valence-electron chi connectivity index (χ0n) is 21.8. The van der Waals surface area contributed by atoms with Crippen LogP contribution >= 0.6 is 24.0 Å². The van der Waals surface area contributed by atoms with Gasteiger partial charge in [-0.25, -0.2) is 0 Å². The van der Waals surface area contributed by atoms with E-state index in [1.54, 1.807) is 39.2 Å². The number of nitriles is 1. The van der Waals surface area contributed by atoms with E-state index in [9.17, 15) is 14.9 Å². The van der Waals surface area contributed by atoms with Crippen molar-refractivity contribution in [1.29, 1.82) is 5.26 Å². The van der Waals surface area contributed by atoms with Crippen LogP contribution in [0, 0.1) is 18.3 Å². The lowest BCUT2D eigenvalue weighted by Crippen LogP contribution is -2.29. The van der Waals surface area contributed by atoms with Gasteiger partial charge in [0.25, 0.3) is 11.5 Å². The van der Waals surface area contributed by atoms with Gasteiger partial charge in [0.1, 0.15) is 21.8 Å². The van der Waals surface area contributed by atoms with Gasteiger partial charge in [-0.2, -0.15) is 5.26 Å². The Hall–Kier alpha value is -3.29. The third-order valence-corrected chi connectivity index (χ3v) is 7.67. The number of benzene rings is 1. The van der Waals surface area contributed by atoms with Crippen molar-refractivity contribution in [3.8, 4) is 17.6 Å². The van der Waals surface area contributed by atoms with Crippen LogP contribution in [0.25, 0.3) is 6.08 Å². The molecule has 1 saturated heterocycles. The quantitative estimate of drug-likeness (QED) is 0.250. The first-order chi connectivity index (χ1) is 17.8. The lowest BCUT2D eigenvalue weighted by molar-refractivity contribution is -0.122. The number of anilines is 1. The van der Waals surface area contributed by atoms with Gasteiger partial charge in [0.15, 0.2) is 11.5 Å². The van der Waals surface area contributed by atoms with E-state index >= 15 is 0 Å². The average molecular weight is 541 g/mol. The molecule has 0 radical (unpaired) electrons. The minimum Gasteiger partial charge on any atom is -0.493 e. The first kappa shape index (κ1) is 28.3. The van der Waals surface area contributed by atoms with E-state index in [1.165, 1.54) is 16.3 Å². The highest BCUT2D eigenvalue weighted by molar-refractivity contribution is 8.26. The minimum atomic E-state index is -0.391. The number of carbonyl (C=O) groups is 1. The van der Waals surface area contributed by atoms with Crippen LogP contribution in [0.3, 0.4) is 0 Å². The van der Waals surface area contributed by atoms with Crippen LogP contribution in [0.5, 0.6) is 11.5 Å². The molecule has 0 unspecified atom stereocenters. The lowest BCUT2D eigenvalue weighted by Gasteiger charge is -2.18. The summed E-state index contributed by atoms with van der Waals surface area (Å²) in [5, 5.41) is 13.0. The Morgan fingerprint density at radius 1 is 1.19 bits per heavy atom. The number of nitrogens with zero attached hydrogens (tertiary/aromatic N) is 3. The zero-order chi connectivity index (χ0) is 27.1. The van der Waals surface area contributed by atoms with Crippen LogP contribution in [-0.2, 0) is 18.3 Å². The van der Waals surface area contributed by atoms with Gasteiger partial charge in [-0.1, -0.05) is 49.8 Å². The number of thioether (sulfide) groups is 1. The first-order valence-electron chi connectivity index (χ1n) is 12.1. The molecule has 0 spiro atoms. The molecule has 0 aliphatic carbocycles. The van der Waals surface area contributed by atoms with Crippen LogP contribution in [0.4, 0.5) is 5.82 Å². The number of ether oxygens (including phenoxy) is 2. The Morgan fingerprint density at radius 2 is 1.92 bits per heavy atom. The summed E-state index contributed by atoms with van der Waals surface area (Å²) < 4.78 is 12.6. The molecule has 0 atom stereocenters. The molecule has 1 fully saturated rings. The van der Waals surface area contributed by atoms with Crippen molar-refractivity contribution in [3.63, 3.8) is 0 Å². The fourth-order valence-corrected chi connectivity index (χ4v) is 5.44. The number of unbranched alkanes of at least 4 members (excludes halogenated alkanes) is 2. The first-order valence-corrected chi connectivity index (χ1v) is 13.3. The maximum Gasteiger partial charge on any atom is 0.270 e. The average Bonchev–Trinajstić information content (AvgIpc) is 3.16. The van der Waals surface area contributed by atoms with Gasteiger partial charge in [0.2, 0.25) is 0 Å². The highest BCUT2D eigenvalue weighted by Gasteiger charge is 2.32. The molecule has 10 heteroatoms. The molecule has 0 bridgehead atoms. The molecular formula is C27H32N4O4S2. The molecule has 2 heterocycles. The molecule has 3 rings (SSSR count). The predicted octanol–water partition coefficient (Wildman–Crippen LogP) is 4.63. The summed E-state index contributed by atoms with van der Waals surface area (Å²) in [4.78, 5) is 28.1. The Balaban J connectivity index is 1.93. The zero-order valence-corrected chi connectivity index (χ0v) is 23.5. The number of carbonyl (C=O) groups excluding carboxylic acids is 1. The number of amides is 1. The van der Waals surface area contributed by atoms with Crippen LogP contribution < -0.4 is 20.3 Å². The SMILES string of the molecule is CCCCCN1C(=O)/C(=C\c2c(C)c(C#N)c(=O)n(C)c2NCCc2ccc(OC)c(OC)c2)SC1=S. The Kier molecular flexibility index (Phi) is 9.78. The van der Waals surface area contributed by atoms with Crippen molar-refractivity contribution >= 4 is 46.1 Å². The van der Waals surface area contributed by atoms with E-state index in [0.717, 1.165) is 24.8 Å². The van der Waals surface area contributed by atoms with E-state index in [-0.39, 0.29) is 11.5 Å². The molecule has 196 valence electrons. The fourth-order valence-electron chi connectivity index (χ4n) is 4.15. The largest absolute Gasteiger partial charge is 0.493 e. The van der Waals surface area contributed by atoms with Gasteiger partial charge < -0.3 is 14.8 Å². The molecule has 1 aliphatic rings. The second-order valence-corrected chi connectivity index (χ2v) is 10.3. The number of hydrogen-bond acceptors (Lipinski definition) is 8. The number of pyridine rings is 1. The van der Waals surface area contributed by atoms with Crippen molar-refractivity contribution in [2.24, 2.45) is 7.05 Å². The summed E-state index contributed by atoms with van der Waals surface area (Å²) in [6.07, 6.45) is 5.35. The molecule has 37 heavy (non-hydrogen) atoms.